The van der Waals surface area contributed by atoms with E-state index in [0.29, 0.717) is 13.1 Å². The predicted molar refractivity (Wildman–Crippen MR) is 56.9 cm³/mol. The van der Waals surface area contributed by atoms with E-state index in [2.05, 4.69) is 5.32 Å². The highest BCUT2D eigenvalue weighted by Gasteiger charge is 2.02. The molecule has 0 aliphatic heterocycles. The van der Waals surface area contributed by atoms with Gasteiger partial charge in [-0.05, 0) is 24.1 Å². The molecule has 1 aromatic rings. The number of nitrogens with one attached hydrogen (secondary N) is 1. The van der Waals surface area contributed by atoms with Crippen molar-refractivity contribution in [3.05, 3.63) is 35.4 Å². The first-order valence-corrected chi connectivity index (χ1v) is 4.99. The van der Waals surface area contributed by atoms with Crippen molar-refractivity contribution in [2.75, 3.05) is 13.1 Å². The molecule has 0 fully saturated rings. The summed E-state index contributed by atoms with van der Waals surface area (Å²) < 4.78 is 23.6. The van der Waals surface area contributed by atoms with Gasteiger partial charge in [-0.2, -0.15) is 0 Å². The molecule has 3 N–H and O–H groups in total. The molecule has 2 nitrogen and oxygen atoms in total. The van der Waals surface area contributed by atoms with Gasteiger partial charge in [-0.3, -0.25) is 0 Å². The molecule has 0 bridgehead atoms. The summed E-state index contributed by atoms with van der Waals surface area (Å²) in [4.78, 5) is 0. The second kappa shape index (κ2) is 6.48. The molecule has 84 valence electrons. The Kier molecular flexibility index (Phi) is 5.21. The number of benzene rings is 1. The summed E-state index contributed by atoms with van der Waals surface area (Å²) in [6.45, 7) is 0.803. The topological polar surface area (TPSA) is 38.0 Å². The van der Waals surface area contributed by atoms with Gasteiger partial charge in [0.2, 0.25) is 0 Å². The predicted octanol–water partition coefficient (Wildman–Crippen LogP) is 1.54. The monoisotopic (exact) mass is 214 g/mol. The third-order valence-corrected chi connectivity index (χ3v) is 2.21. The minimum absolute atomic E-state index is 0.245. The zero-order valence-corrected chi connectivity index (χ0v) is 8.55. The number of hydrogen-bond donors (Lipinski definition) is 2. The second-order valence-corrected chi connectivity index (χ2v) is 3.32. The summed E-state index contributed by atoms with van der Waals surface area (Å²) in [7, 11) is 0. The number of nitrogens with two attached hydrogens (primary N) is 1. The van der Waals surface area contributed by atoms with Gasteiger partial charge in [-0.25, -0.2) is 8.78 Å². The van der Waals surface area contributed by atoms with Crippen LogP contribution in [0.5, 0.6) is 0 Å². The van der Waals surface area contributed by atoms with Crippen molar-refractivity contribution in [1.82, 2.24) is 5.32 Å². The molecule has 0 unspecified atom stereocenters. The minimum Gasteiger partial charge on any atom is -0.326 e. The zero-order chi connectivity index (χ0) is 11.1. The van der Waals surface area contributed by atoms with E-state index >= 15 is 0 Å². The van der Waals surface area contributed by atoms with Gasteiger partial charge in [-0.1, -0.05) is 24.3 Å². The molecule has 4 heteroatoms. The maximum Gasteiger partial charge on any atom is 0.250 e. The maximum absolute atomic E-state index is 11.8. The van der Waals surface area contributed by atoms with Crippen molar-refractivity contribution in [3.63, 3.8) is 0 Å². The Morgan fingerprint density at radius 3 is 2.47 bits per heavy atom. The van der Waals surface area contributed by atoms with Gasteiger partial charge in [0, 0.05) is 6.54 Å². The van der Waals surface area contributed by atoms with Crippen LogP contribution < -0.4 is 11.1 Å². The van der Waals surface area contributed by atoms with Crippen molar-refractivity contribution in [3.8, 4) is 0 Å². The lowest BCUT2D eigenvalue weighted by Crippen LogP contribution is -2.23. The molecule has 1 aromatic carbocycles. The van der Waals surface area contributed by atoms with Gasteiger partial charge in [-0.15, -0.1) is 0 Å². The molecule has 0 heterocycles. The molecule has 0 amide bonds. The summed E-state index contributed by atoms with van der Waals surface area (Å²) in [5, 5.41) is 2.69. The standard InChI is InChI=1S/C11H16F2N2/c12-11(13)8-15-6-5-9-3-1-2-4-10(9)7-14/h1-4,11,15H,5-8,14H2. The second-order valence-electron chi connectivity index (χ2n) is 3.32. The van der Waals surface area contributed by atoms with Gasteiger partial charge < -0.3 is 11.1 Å². The highest BCUT2D eigenvalue weighted by molar-refractivity contribution is 5.27. The quantitative estimate of drug-likeness (QED) is 0.705. The smallest absolute Gasteiger partial charge is 0.250 e. The fourth-order valence-corrected chi connectivity index (χ4v) is 1.43. The normalized spacial score (nSPS) is 10.9. The van der Waals surface area contributed by atoms with Gasteiger partial charge in [0.05, 0.1) is 6.54 Å². The SMILES string of the molecule is NCc1ccccc1CCNCC(F)F. The summed E-state index contributed by atoms with van der Waals surface area (Å²) in [5.74, 6) is 0. The van der Waals surface area contributed by atoms with Crippen molar-refractivity contribution in [2.24, 2.45) is 5.73 Å². The molecule has 0 radical (unpaired) electrons. The van der Waals surface area contributed by atoms with Crippen molar-refractivity contribution >= 4 is 0 Å². The average Bonchev–Trinajstić information content (AvgIpc) is 2.24. The summed E-state index contributed by atoms with van der Waals surface area (Å²) in [5.41, 5.74) is 7.77. The Hall–Kier alpha value is -1.00. The number of hydrogen-bond acceptors (Lipinski definition) is 2. The van der Waals surface area contributed by atoms with Crippen LogP contribution in [0.4, 0.5) is 8.78 Å². The van der Waals surface area contributed by atoms with Crippen LogP contribution in [0.15, 0.2) is 24.3 Å². The Bertz CT molecular complexity index is 290. The van der Waals surface area contributed by atoms with Crippen molar-refractivity contribution in [2.45, 2.75) is 19.4 Å². The van der Waals surface area contributed by atoms with Crippen LogP contribution in [0, 0.1) is 0 Å². The fourth-order valence-electron chi connectivity index (χ4n) is 1.43. The van der Waals surface area contributed by atoms with Gasteiger partial charge in [0.1, 0.15) is 0 Å². The molecule has 0 spiro atoms. The summed E-state index contributed by atoms with van der Waals surface area (Å²) in [6.07, 6.45) is -1.55. The number of rotatable bonds is 6. The Balaban J connectivity index is 2.36. The molecule has 0 saturated heterocycles. The third kappa shape index (κ3) is 4.36. The molecule has 0 aliphatic rings. The fraction of sp³-hybridized carbons (Fsp3) is 0.455. The Labute approximate surface area is 88.5 Å². The highest BCUT2D eigenvalue weighted by Crippen LogP contribution is 2.07. The average molecular weight is 214 g/mol. The first-order valence-electron chi connectivity index (χ1n) is 4.99. The van der Waals surface area contributed by atoms with E-state index in [-0.39, 0.29) is 6.54 Å². The molecule has 0 saturated carbocycles. The lowest BCUT2D eigenvalue weighted by molar-refractivity contribution is 0.146. The lowest BCUT2D eigenvalue weighted by Gasteiger charge is -2.08. The Morgan fingerprint density at radius 2 is 1.87 bits per heavy atom. The van der Waals surface area contributed by atoms with Crippen molar-refractivity contribution < 1.29 is 8.78 Å². The summed E-state index contributed by atoms with van der Waals surface area (Å²) in [6, 6.07) is 7.80. The summed E-state index contributed by atoms with van der Waals surface area (Å²) >= 11 is 0. The van der Waals surface area contributed by atoms with Crippen LogP contribution in [-0.2, 0) is 13.0 Å². The number of halogens is 2. The molecule has 0 aromatic heterocycles. The van der Waals surface area contributed by atoms with Crippen LogP contribution >= 0.6 is 0 Å². The van der Waals surface area contributed by atoms with Crippen LogP contribution in [0.3, 0.4) is 0 Å². The third-order valence-electron chi connectivity index (χ3n) is 2.21. The first kappa shape index (κ1) is 12.1. The first-order chi connectivity index (χ1) is 7.24. The van der Waals surface area contributed by atoms with Crippen LogP contribution in [0.2, 0.25) is 0 Å². The number of alkyl halides is 2. The molecule has 15 heavy (non-hydrogen) atoms. The largest absolute Gasteiger partial charge is 0.326 e. The Morgan fingerprint density at radius 1 is 1.20 bits per heavy atom. The minimum atomic E-state index is -2.28. The highest BCUT2D eigenvalue weighted by atomic mass is 19.3. The lowest BCUT2D eigenvalue weighted by atomic mass is 10.0. The van der Waals surface area contributed by atoms with E-state index in [1.54, 1.807) is 0 Å². The van der Waals surface area contributed by atoms with Crippen LogP contribution in [0.25, 0.3) is 0 Å². The van der Waals surface area contributed by atoms with E-state index < -0.39 is 6.43 Å². The van der Waals surface area contributed by atoms with Crippen LogP contribution in [-0.4, -0.2) is 19.5 Å². The van der Waals surface area contributed by atoms with Gasteiger partial charge in [0.15, 0.2) is 0 Å². The maximum atomic E-state index is 11.8. The van der Waals surface area contributed by atoms with Crippen LogP contribution in [0.1, 0.15) is 11.1 Å². The van der Waals surface area contributed by atoms with E-state index in [1.165, 1.54) is 0 Å². The molecular weight excluding hydrogens is 198 g/mol. The van der Waals surface area contributed by atoms with E-state index in [1.807, 2.05) is 24.3 Å². The molecular formula is C11H16F2N2. The zero-order valence-electron chi connectivity index (χ0n) is 8.55. The van der Waals surface area contributed by atoms with Crippen molar-refractivity contribution in [1.29, 1.82) is 0 Å². The van der Waals surface area contributed by atoms with E-state index in [0.717, 1.165) is 17.5 Å². The van der Waals surface area contributed by atoms with E-state index in [4.69, 9.17) is 5.73 Å². The molecule has 1 rings (SSSR count). The van der Waals surface area contributed by atoms with E-state index in [9.17, 15) is 8.78 Å². The molecule has 0 aliphatic carbocycles. The van der Waals surface area contributed by atoms with Gasteiger partial charge >= 0.3 is 0 Å². The van der Waals surface area contributed by atoms with Gasteiger partial charge in [0.25, 0.3) is 6.43 Å². The molecule has 0 atom stereocenters.